The molecule has 1 heteroatoms. The van der Waals surface area contributed by atoms with Gasteiger partial charge in [0.25, 0.3) is 0 Å². The van der Waals surface area contributed by atoms with Gasteiger partial charge >= 0.3 is 0 Å². The van der Waals surface area contributed by atoms with Crippen molar-refractivity contribution < 1.29 is 4.39 Å². The van der Waals surface area contributed by atoms with Gasteiger partial charge in [-0.3, -0.25) is 0 Å². The third-order valence-corrected chi connectivity index (χ3v) is 0.518. The first-order chi connectivity index (χ1) is 4.27. The van der Waals surface area contributed by atoms with Gasteiger partial charge in [-0.25, -0.2) is 4.39 Å². The molecule has 0 N–H and O–H groups in total. The second-order valence-electron chi connectivity index (χ2n) is 1.28. The SMILES string of the molecule is C/C=C/C=C(/C)F.CC. The van der Waals surface area contributed by atoms with Crippen molar-refractivity contribution in [2.45, 2.75) is 27.7 Å². The Balaban J connectivity index is 0. The summed E-state index contributed by atoms with van der Waals surface area (Å²) < 4.78 is 11.7. The highest BCUT2D eigenvalue weighted by Crippen LogP contribution is 1.91. The highest BCUT2D eigenvalue weighted by atomic mass is 19.1. The normalized spacial score (nSPS) is 11.0. The maximum Gasteiger partial charge on any atom is 0.0968 e. The van der Waals surface area contributed by atoms with E-state index >= 15 is 0 Å². The summed E-state index contributed by atoms with van der Waals surface area (Å²) in [6.07, 6.45) is 4.86. The average Bonchev–Trinajstić information content (AvgIpc) is 1.88. The highest BCUT2D eigenvalue weighted by Gasteiger charge is 1.71. The van der Waals surface area contributed by atoms with Crippen molar-refractivity contribution in [3.05, 3.63) is 24.1 Å². The van der Waals surface area contributed by atoms with Crippen LogP contribution in [0.1, 0.15) is 27.7 Å². The molecule has 0 aromatic carbocycles. The lowest BCUT2D eigenvalue weighted by molar-refractivity contribution is 0.640. The monoisotopic (exact) mass is 130 g/mol. The Kier molecular flexibility index (Phi) is 13.0. The molecule has 0 fully saturated rings. The lowest BCUT2D eigenvalue weighted by Crippen LogP contribution is -1.53. The van der Waals surface area contributed by atoms with Crippen LogP contribution >= 0.6 is 0 Å². The average molecular weight is 130 g/mol. The van der Waals surface area contributed by atoms with Crippen molar-refractivity contribution in [1.29, 1.82) is 0 Å². The molecule has 0 aliphatic heterocycles. The summed E-state index contributed by atoms with van der Waals surface area (Å²) in [5, 5.41) is 0. The zero-order valence-electron chi connectivity index (χ0n) is 6.61. The fraction of sp³-hybridized carbons (Fsp3) is 0.500. The zero-order chi connectivity index (χ0) is 7.70. The van der Waals surface area contributed by atoms with Crippen LogP contribution < -0.4 is 0 Å². The fourth-order valence-corrected chi connectivity index (χ4v) is 0.229. The first-order valence-electron chi connectivity index (χ1n) is 3.22. The minimum absolute atomic E-state index is 0.155. The number of hydrogen-bond acceptors (Lipinski definition) is 0. The molecule has 9 heavy (non-hydrogen) atoms. The van der Waals surface area contributed by atoms with E-state index in [1.807, 2.05) is 20.8 Å². The number of rotatable bonds is 1. The number of halogens is 1. The van der Waals surface area contributed by atoms with Crippen LogP contribution in [0.3, 0.4) is 0 Å². The van der Waals surface area contributed by atoms with Gasteiger partial charge in [0.15, 0.2) is 0 Å². The maximum absolute atomic E-state index is 11.7. The van der Waals surface area contributed by atoms with E-state index in [0.717, 1.165) is 0 Å². The van der Waals surface area contributed by atoms with Crippen molar-refractivity contribution in [2.75, 3.05) is 0 Å². The van der Waals surface area contributed by atoms with Crippen LogP contribution in [-0.4, -0.2) is 0 Å². The minimum atomic E-state index is -0.155. The molecule has 0 saturated carbocycles. The van der Waals surface area contributed by atoms with E-state index in [4.69, 9.17) is 0 Å². The van der Waals surface area contributed by atoms with E-state index < -0.39 is 0 Å². The quantitative estimate of drug-likeness (QED) is 0.477. The van der Waals surface area contributed by atoms with Crippen LogP contribution in [0.15, 0.2) is 24.1 Å². The van der Waals surface area contributed by atoms with E-state index in [9.17, 15) is 4.39 Å². The summed E-state index contributed by atoms with van der Waals surface area (Å²) in [6.45, 7) is 7.26. The van der Waals surface area contributed by atoms with Gasteiger partial charge in [-0.15, -0.1) is 0 Å². The molecule has 0 amide bonds. The first-order valence-corrected chi connectivity index (χ1v) is 3.22. The molecule has 0 rings (SSSR count). The second kappa shape index (κ2) is 10.4. The maximum atomic E-state index is 11.7. The molecule has 0 nitrogen and oxygen atoms in total. The summed E-state index contributed by atoms with van der Waals surface area (Å²) in [6, 6.07) is 0. The predicted molar refractivity (Wildman–Crippen MR) is 41.0 cm³/mol. The van der Waals surface area contributed by atoms with Crippen LogP contribution in [0.2, 0.25) is 0 Å². The predicted octanol–water partition coefficient (Wildman–Crippen LogP) is 3.46. The van der Waals surface area contributed by atoms with Crippen molar-refractivity contribution in [3.8, 4) is 0 Å². The Morgan fingerprint density at radius 1 is 1.33 bits per heavy atom. The molecule has 54 valence electrons. The highest BCUT2D eigenvalue weighted by molar-refractivity contribution is 5.03. The van der Waals surface area contributed by atoms with Gasteiger partial charge in [-0.05, 0) is 19.9 Å². The summed E-state index contributed by atoms with van der Waals surface area (Å²) >= 11 is 0. The van der Waals surface area contributed by atoms with Gasteiger partial charge in [0.05, 0.1) is 5.83 Å². The lowest BCUT2D eigenvalue weighted by atomic mass is 10.4. The standard InChI is InChI=1S/C6H9F.C2H6/c1-3-4-5-6(2)7;1-2/h3-5H,1-2H3;1-2H3/b4-3+,6-5-;. The van der Waals surface area contributed by atoms with E-state index in [-0.39, 0.29) is 5.83 Å². The van der Waals surface area contributed by atoms with E-state index in [0.29, 0.717) is 0 Å². The van der Waals surface area contributed by atoms with Crippen molar-refractivity contribution in [2.24, 2.45) is 0 Å². The van der Waals surface area contributed by atoms with E-state index in [1.54, 1.807) is 12.2 Å². The summed E-state index contributed by atoms with van der Waals surface area (Å²) in [7, 11) is 0. The molecule has 0 unspecified atom stereocenters. The Labute approximate surface area is 57.1 Å². The van der Waals surface area contributed by atoms with Gasteiger partial charge in [0.1, 0.15) is 0 Å². The minimum Gasteiger partial charge on any atom is -0.212 e. The Morgan fingerprint density at radius 2 is 1.78 bits per heavy atom. The zero-order valence-corrected chi connectivity index (χ0v) is 6.61. The molecule has 0 saturated heterocycles. The van der Waals surface area contributed by atoms with Crippen LogP contribution in [0.4, 0.5) is 4.39 Å². The van der Waals surface area contributed by atoms with Crippen LogP contribution in [0.5, 0.6) is 0 Å². The molecule has 0 aromatic heterocycles. The first kappa shape index (κ1) is 11.2. The Morgan fingerprint density at radius 3 is 1.89 bits per heavy atom. The Bertz CT molecular complexity index is 86.7. The molecule has 0 heterocycles. The van der Waals surface area contributed by atoms with Gasteiger partial charge in [0.2, 0.25) is 0 Å². The summed E-state index contributed by atoms with van der Waals surface area (Å²) in [5.74, 6) is -0.155. The summed E-state index contributed by atoms with van der Waals surface area (Å²) in [5.41, 5.74) is 0. The van der Waals surface area contributed by atoms with Gasteiger partial charge in [-0.1, -0.05) is 26.0 Å². The lowest BCUT2D eigenvalue weighted by Gasteiger charge is -1.73. The van der Waals surface area contributed by atoms with Gasteiger partial charge in [0, 0.05) is 0 Å². The fourth-order valence-electron chi connectivity index (χ4n) is 0.229. The van der Waals surface area contributed by atoms with Crippen molar-refractivity contribution in [1.82, 2.24) is 0 Å². The van der Waals surface area contributed by atoms with Crippen molar-refractivity contribution in [3.63, 3.8) is 0 Å². The third-order valence-electron chi connectivity index (χ3n) is 0.518. The molecule has 0 aromatic rings. The van der Waals surface area contributed by atoms with Crippen LogP contribution in [-0.2, 0) is 0 Å². The molecule has 0 atom stereocenters. The smallest absolute Gasteiger partial charge is 0.0968 e. The third kappa shape index (κ3) is 18.7. The van der Waals surface area contributed by atoms with E-state index in [2.05, 4.69) is 0 Å². The largest absolute Gasteiger partial charge is 0.212 e. The topological polar surface area (TPSA) is 0 Å². The summed E-state index contributed by atoms with van der Waals surface area (Å²) in [4.78, 5) is 0. The Hall–Kier alpha value is -0.590. The molecular formula is C8H15F. The van der Waals surface area contributed by atoms with Crippen molar-refractivity contribution >= 4 is 0 Å². The molecule has 0 aliphatic rings. The number of allylic oxidation sites excluding steroid dienone is 4. The van der Waals surface area contributed by atoms with Crippen LogP contribution in [0, 0.1) is 0 Å². The van der Waals surface area contributed by atoms with E-state index in [1.165, 1.54) is 13.0 Å². The second-order valence-corrected chi connectivity index (χ2v) is 1.28. The van der Waals surface area contributed by atoms with Gasteiger partial charge < -0.3 is 0 Å². The number of hydrogen-bond donors (Lipinski definition) is 0. The molecule has 0 bridgehead atoms. The molecular weight excluding hydrogens is 115 g/mol. The molecule has 0 radical (unpaired) electrons. The van der Waals surface area contributed by atoms with Gasteiger partial charge in [-0.2, -0.15) is 0 Å². The van der Waals surface area contributed by atoms with Crippen LogP contribution in [0.25, 0.3) is 0 Å². The molecule has 0 aliphatic carbocycles. The molecule has 0 spiro atoms.